The summed E-state index contributed by atoms with van der Waals surface area (Å²) in [6.45, 7) is 3.27. The molecular formula is C12H17BrN4O2. The van der Waals surface area contributed by atoms with Gasteiger partial charge in [-0.3, -0.25) is 9.59 Å². The number of halogens is 1. The first-order chi connectivity index (χ1) is 9.11. The van der Waals surface area contributed by atoms with E-state index in [1.54, 1.807) is 6.20 Å². The Morgan fingerprint density at radius 2 is 2.37 bits per heavy atom. The molecule has 1 saturated heterocycles. The lowest BCUT2D eigenvalue weighted by Gasteiger charge is -2.14. The standard InChI is InChI=1S/C12H17BrN4O2/c1-2-3-4-17-12(19)11(13)9(7-15-17)16-8-5-10(18)14-6-8/h7-8,16H,2-6H2,1H3,(H,14,18). The predicted octanol–water partition coefficient (Wildman–Crippen LogP) is 1.11. The molecule has 1 amide bonds. The number of unbranched alkanes of at least 4 members (excludes halogenated alkanes) is 1. The van der Waals surface area contributed by atoms with Gasteiger partial charge in [0.25, 0.3) is 5.56 Å². The first-order valence-electron chi connectivity index (χ1n) is 6.40. The molecule has 1 fully saturated rings. The van der Waals surface area contributed by atoms with E-state index < -0.39 is 0 Å². The monoisotopic (exact) mass is 328 g/mol. The van der Waals surface area contributed by atoms with E-state index in [9.17, 15) is 9.59 Å². The minimum Gasteiger partial charge on any atom is -0.378 e. The zero-order valence-electron chi connectivity index (χ0n) is 10.8. The van der Waals surface area contributed by atoms with Crippen molar-refractivity contribution in [3.63, 3.8) is 0 Å². The van der Waals surface area contributed by atoms with E-state index in [-0.39, 0.29) is 17.5 Å². The van der Waals surface area contributed by atoms with Gasteiger partial charge in [0.2, 0.25) is 5.91 Å². The molecule has 7 heteroatoms. The van der Waals surface area contributed by atoms with Crippen molar-refractivity contribution in [3.8, 4) is 0 Å². The van der Waals surface area contributed by atoms with Gasteiger partial charge in [0, 0.05) is 19.5 Å². The lowest BCUT2D eigenvalue weighted by molar-refractivity contribution is -0.119. The lowest BCUT2D eigenvalue weighted by atomic mass is 10.2. The van der Waals surface area contributed by atoms with Crippen molar-refractivity contribution in [2.75, 3.05) is 11.9 Å². The van der Waals surface area contributed by atoms with Gasteiger partial charge in [-0.05, 0) is 22.4 Å². The van der Waals surface area contributed by atoms with E-state index in [1.165, 1.54) is 4.68 Å². The van der Waals surface area contributed by atoms with Crippen LogP contribution in [-0.2, 0) is 11.3 Å². The summed E-state index contributed by atoms with van der Waals surface area (Å²) in [6.07, 6.45) is 3.99. The highest BCUT2D eigenvalue weighted by atomic mass is 79.9. The van der Waals surface area contributed by atoms with Crippen LogP contribution >= 0.6 is 15.9 Å². The van der Waals surface area contributed by atoms with Gasteiger partial charge in [0.05, 0.1) is 17.9 Å². The van der Waals surface area contributed by atoms with Crippen molar-refractivity contribution < 1.29 is 4.79 Å². The van der Waals surface area contributed by atoms with Crippen LogP contribution in [0.5, 0.6) is 0 Å². The summed E-state index contributed by atoms with van der Waals surface area (Å²) < 4.78 is 1.93. The highest BCUT2D eigenvalue weighted by Gasteiger charge is 2.22. The van der Waals surface area contributed by atoms with Gasteiger partial charge < -0.3 is 10.6 Å². The molecule has 1 aromatic rings. The molecule has 2 N–H and O–H groups in total. The maximum Gasteiger partial charge on any atom is 0.283 e. The molecule has 1 aromatic heterocycles. The van der Waals surface area contributed by atoms with Crippen LogP contribution in [0.3, 0.4) is 0 Å². The second kappa shape index (κ2) is 6.18. The number of hydrogen-bond acceptors (Lipinski definition) is 4. The van der Waals surface area contributed by atoms with Gasteiger partial charge in [-0.15, -0.1) is 0 Å². The molecule has 0 saturated carbocycles. The van der Waals surface area contributed by atoms with Crippen LogP contribution in [0.4, 0.5) is 5.69 Å². The Morgan fingerprint density at radius 1 is 1.58 bits per heavy atom. The number of carbonyl (C=O) groups excluding carboxylic acids is 1. The second-order valence-corrected chi connectivity index (χ2v) is 5.40. The molecule has 2 rings (SSSR count). The SMILES string of the molecule is CCCCn1ncc(NC2CNC(=O)C2)c(Br)c1=O. The Labute approximate surface area is 119 Å². The normalized spacial score (nSPS) is 18.4. The van der Waals surface area contributed by atoms with E-state index >= 15 is 0 Å². The summed E-state index contributed by atoms with van der Waals surface area (Å²) >= 11 is 3.30. The maximum absolute atomic E-state index is 12.1. The first kappa shape index (κ1) is 14.0. The van der Waals surface area contributed by atoms with Crippen LogP contribution in [-0.4, -0.2) is 28.3 Å². The second-order valence-electron chi connectivity index (χ2n) is 4.60. The molecular weight excluding hydrogens is 312 g/mol. The molecule has 6 nitrogen and oxygen atoms in total. The molecule has 2 heterocycles. The number of anilines is 1. The molecule has 1 unspecified atom stereocenters. The van der Waals surface area contributed by atoms with Crippen LogP contribution in [0.15, 0.2) is 15.5 Å². The van der Waals surface area contributed by atoms with Crippen molar-refractivity contribution >= 4 is 27.5 Å². The van der Waals surface area contributed by atoms with Crippen molar-refractivity contribution in [3.05, 3.63) is 21.0 Å². The first-order valence-corrected chi connectivity index (χ1v) is 7.20. The number of aromatic nitrogens is 2. The van der Waals surface area contributed by atoms with E-state index in [2.05, 4.69) is 38.6 Å². The average Bonchev–Trinajstić information content (AvgIpc) is 2.80. The molecule has 0 aliphatic carbocycles. The summed E-state index contributed by atoms with van der Waals surface area (Å²) in [4.78, 5) is 23.2. The Bertz CT molecular complexity index is 529. The minimum absolute atomic E-state index is 0.0106. The fourth-order valence-corrected chi connectivity index (χ4v) is 2.38. The van der Waals surface area contributed by atoms with Gasteiger partial charge in [-0.1, -0.05) is 13.3 Å². The fraction of sp³-hybridized carbons (Fsp3) is 0.583. The van der Waals surface area contributed by atoms with Crippen molar-refractivity contribution in [1.82, 2.24) is 15.1 Å². The third-order valence-corrected chi connectivity index (χ3v) is 3.81. The number of hydrogen-bond donors (Lipinski definition) is 2. The fourth-order valence-electron chi connectivity index (χ4n) is 1.96. The number of nitrogens with one attached hydrogen (secondary N) is 2. The highest BCUT2D eigenvalue weighted by Crippen LogP contribution is 2.19. The highest BCUT2D eigenvalue weighted by molar-refractivity contribution is 9.10. The van der Waals surface area contributed by atoms with Crippen LogP contribution in [0.1, 0.15) is 26.2 Å². The summed E-state index contributed by atoms with van der Waals surface area (Å²) in [7, 11) is 0. The summed E-state index contributed by atoms with van der Waals surface area (Å²) in [5, 5.41) is 10.0. The van der Waals surface area contributed by atoms with E-state index in [0.717, 1.165) is 12.8 Å². The van der Waals surface area contributed by atoms with Gasteiger partial charge in [0.15, 0.2) is 0 Å². The van der Waals surface area contributed by atoms with Gasteiger partial charge >= 0.3 is 0 Å². The van der Waals surface area contributed by atoms with Crippen molar-refractivity contribution in [2.24, 2.45) is 0 Å². The average molecular weight is 329 g/mol. The summed E-state index contributed by atoms with van der Waals surface area (Å²) in [5.74, 6) is 0.0258. The zero-order chi connectivity index (χ0) is 13.8. The quantitative estimate of drug-likeness (QED) is 0.848. The van der Waals surface area contributed by atoms with E-state index in [0.29, 0.717) is 29.7 Å². The number of amides is 1. The molecule has 19 heavy (non-hydrogen) atoms. The number of aryl methyl sites for hydroxylation is 1. The molecule has 104 valence electrons. The topological polar surface area (TPSA) is 76.0 Å². The molecule has 0 radical (unpaired) electrons. The Hall–Kier alpha value is -1.37. The predicted molar refractivity (Wildman–Crippen MR) is 76.1 cm³/mol. The number of rotatable bonds is 5. The molecule has 1 atom stereocenters. The van der Waals surface area contributed by atoms with Gasteiger partial charge in [-0.2, -0.15) is 5.10 Å². The largest absolute Gasteiger partial charge is 0.378 e. The van der Waals surface area contributed by atoms with Crippen molar-refractivity contribution in [2.45, 2.75) is 38.8 Å². The van der Waals surface area contributed by atoms with Gasteiger partial charge in [-0.25, -0.2) is 4.68 Å². The van der Waals surface area contributed by atoms with Gasteiger partial charge in [0.1, 0.15) is 4.47 Å². The minimum atomic E-state index is -0.143. The maximum atomic E-state index is 12.1. The number of carbonyl (C=O) groups is 1. The molecule has 0 bridgehead atoms. The lowest BCUT2D eigenvalue weighted by Crippen LogP contribution is -2.28. The van der Waals surface area contributed by atoms with Crippen LogP contribution in [0.25, 0.3) is 0 Å². The molecule has 0 aromatic carbocycles. The number of nitrogens with zero attached hydrogens (tertiary/aromatic N) is 2. The Balaban J connectivity index is 2.12. The van der Waals surface area contributed by atoms with E-state index in [4.69, 9.17) is 0 Å². The smallest absolute Gasteiger partial charge is 0.283 e. The molecule has 0 spiro atoms. The van der Waals surface area contributed by atoms with Crippen LogP contribution in [0, 0.1) is 0 Å². The van der Waals surface area contributed by atoms with Crippen molar-refractivity contribution in [1.29, 1.82) is 0 Å². The van der Waals surface area contributed by atoms with Crippen LogP contribution < -0.4 is 16.2 Å². The molecule has 1 aliphatic heterocycles. The van der Waals surface area contributed by atoms with E-state index in [1.807, 2.05) is 0 Å². The van der Waals surface area contributed by atoms with Crippen LogP contribution in [0.2, 0.25) is 0 Å². The summed E-state index contributed by atoms with van der Waals surface area (Å²) in [6, 6.07) is 0.0106. The zero-order valence-corrected chi connectivity index (χ0v) is 12.4. The third kappa shape index (κ3) is 3.34. The Morgan fingerprint density at radius 3 is 3.00 bits per heavy atom. The summed E-state index contributed by atoms with van der Waals surface area (Å²) in [5.41, 5.74) is 0.495. The molecule has 1 aliphatic rings. The third-order valence-electron chi connectivity index (χ3n) is 3.05. The Kier molecular flexibility index (Phi) is 4.57.